The lowest BCUT2D eigenvalue weighted by atomic mass is 10.1. The van der Waals surface area contributed by atoms with Crippen LogP contribution in [0.2, 0.25) is 0 Å². The summed E-state index contributed by atoms with van der Waals surface area (Å²) in [7, 11) is 0. The van der Waals surface area contributed by atoms with Gasteiger partial charge in [-0.25, -0.2) is 0 Å². The van der Waals surface area contributed by atoms with Gasteiger partial charge >= 0.3 is 0 Å². The van der Waals surface area contributed by atoms with Crippen molar-refractivity contribution >= 4 is 17.9 Å². The van der Waals surface area contributed by atoms with Crippen molar-refractivity contribution in [3.05, 3.63) is 53.9 Å². The lowest BCUT2D eigenvalue weighted by Gasteiger charge is -2.10. The van der Waals surface area contributed by atoms with E-state index in [1.165, 1.54) is 0 Å². The van der Waals surface area contributed by atoms with Crippen LogP contribution in [-0.4, -0.2) is 16.8 Å². The number of carbonyl (C=O) groups is 2. The Balaban J connectivity index is 2.07. The van der Waals surface area contributed by atoms with Gasteiger partial charge in [-0.05, 0) is 30.2 Å². The van der Waals surface area contributed by atoms with E-state index < -0.39 is 0 Å². The van der Waals surface area contributed by atoms with Crippen LogP contribution in [0, 0.1) is 0 Å². The third-order valence-corrected chi connectivity index (χ3v) is 2.97. The van der Waals surface area contributed by atoms with Gasteiger partial charge in [0.15, 0.2) is 6.29 Å². The van der Waals surface area contributed by atoms with Gasteiger partial charge in [0.1, 0.15) is 6.54 Å². The van der Waals surface area contributed by atoms with E-state index >= 15 is 0 Å². The molecule has 1 N–H and O–H groups in total. The highest BCUT2D eigenvalue weighted by atomic mass is 16.2. The lowest BCUT2D eigenvalue weighted by molar-refractivity contribution is -0.116. The summed E-state index contributed by atoms with van der Waals surface area (Å²) in [4.78, 5) is 22.7. The number of para-hydroxylation sites is 1. The normalized spacial score (nSPS) is 10.2. The van der Waals surface area contributed by atoms with Crippen LogP contribution < -0.4 is 5.32 Å². The number of amides is 1. The van der Waals surface area contributed by atoms with Gasteiger partial charge in [0.05, 0.1) is 5.69 Å². The number of hydrogen-bond donors (Lipinski definition) is 1. The highest BCUT2D eigenvalue weighted by Gasteiger charge is 2.08. The maximum Gasteiger partial charge on any atom is 0.244 e. The van der Waals surface area contributed by atoms with E-state index in [2.05, 4.69) is 5.32 Å². The molecule has 0 unspecified atom stereocenters. The number of nitrogens with one attached hydrogen (secondary N) is 1. The van der Waals surface area contributed by atoms with Crippen LogP contribution in [0.4, 0.5) is 5.69 Å². The standard InChI is InChI=1S/C15H16N2O2/c1-2-12-6-3-4-8-14(12)16-15(19)10-17-9-5-7-13(17)11-18/h3-9,11H,2,10H2,1H3,(H,16,19). The fourth-order valence-electron chi connectivity index (χ4n) is 1.97. The largest absolute Gasteiger partial charge is 0.336 e. The summed E-state index contributed by atoms with van der Waals surface area (Å²) in [5.74, 6) is -0.139. The first-order valence-electron chi connectivity index (χ1n) is 6.22. The summed E-state index contributed by atoms with van der Waals surface area (Å²) in [5, 5.41) is 2.88. The Morgan fingerprint density at radius 2 is 2.05 bits per heavy atom. The van der Waals surface area contributed by atoms with Crippen molar-refractivity contribution < 1.29 is 9.59 Å². The molecule has 0 saturated carbocycles. The minimum Gasteiger partial charge on any atom is -0.336 e. The molecule has 1 aromatic carbocycles. The number of carbonyl (C=O) groups excluding carboxylic acids is 2. The Kier molecular flexibility index (Phi) is 4.13. The maximum absolute atomic E-state index is 12.0. The maximum atomic E-state index is 12.0. The average Bonchev–Trinajstić information content (AvgIpc) is 2.86. The van der Waals surface area contributed by atoms with Crippen LogP contribution in [-0.2, 0) is 17.8 Å². The number of aryl methyl sites for hydroxylation is 1. The van der Waals surface area contributed by atoms with E-state index in [4.69, 9.17) is 0 Å². The molecule has 0 aliphatic rings. The monoisotopic (exact) mass is 256 g/mol. The molecule has 0 atom stereocenters. The van der Waals surface area contributed by atoms with Crippen LogP contribution in [0.25, 0.3) is 0 Å². The summed E-state index contributed by atoms with van der Waals surface area (Å²) in [6.45, 7) is 2.18. The van der Waals surface area contributed by atoms with Crippen molar-refractivity contribution in [2.45, 2.75) is 19.9 Å². The van der Waals surface area contributed by atoms with Crippen molar-refractivity contribution in [3.8, 4) is 0 Å². The molecule has 0 aliphatic heterocycles. The number of anilines is 1. The summed E-state index contributed by atoms with van der Waals surface area (Å²) >= 11 is 0. The molecule has 1 heterocycles. The van der Waals surface area contributed by atoms with Gasteiger partial charge in [-0.2, -0.15) is 0 Å². The van der Waals surface area contributed by atoms with Gasteiger partial charge in [-0.3, -0.25) is 9.59 Å². The molecule has 0 bridgehead atoms. The van der Waals surface area contributed by atoms with Crippen LogP contribution >= 0.6 is 0 Å². The summed E-state index contributed by atoms with van der Waals surface area (Å²) in [5.41, 5.74) is 2.42. The first kappa shape index (κ1) is 13.1. The second-order valence-corrected chi connectivity index (χ2v) is 4.24. The van der Waals surface area contributed by atoms with Crippen molar-refractivity contribution in [2.75, 3.05) is 5.32 Å². The predicted octanol–water partition coefficient (Wildman–Crippen LogP) is 2.50. The molecule has 0 aliphatic carbocycles. The quantitative estimate of drug-likeness (QED) is 0.836. The van der Waals surface area contributed by atoms with E-state index in [0.717, 1.165) is 24.0 Å². The molecule has 0 radical (unpaired) electrons. The molecule has 2 aromatic rings. The highest BCUT2D eigenvalue weighted by Crippen LogP contribution is 2.15. The van der Waals surface area contributed by atoms with E-state index in [-0.39, 0.29) is 12.5 Å². The van der Waals surface area contributed by atoms with Crippen LogP contribution in [0.15, 0.2) is 42.6 Å². The van der Waals surface area contributed by atoms with Gasteiger partial charge in [0, 0.05) is 11.9 Å². The summed E-state index contributed by atoms with van der Waals surface area (Å²) in [6.07, 6.45) is 3.32. The molecule has 19 heavy (non-hydrogen) atoms. The first-order chi connectivity index (χ1) is 9.24. The van der Waals surface area contributed by atoms with E-state index in [0.29, 0.717) is 5.69 Å². The molecule has 4 heteroatoms. The summed E-state index contributed by atoms with van der Waals surface area (Å²) in [6, 6.07) is 11.1. The number of rotatable bonds is 5. The zero-order chi connectivity index (χ0) is 13.7. The second kappa shape index (κ2) is 6.00. The van der Waals surface area contributed by atoms with Gasteiger partial charge in [-0.1, -0.05) is 25.1 Å². The molecular weight excluding hydrogens is 240 g/mol. The number of benzene rings is 1. The molecule has 4 nitrogen and oxygen atoms in total. The number of hydrogen-bond acceptors (Lipinski definition) is 2. The Morgan fingerprint density at radius 1 is 1.26 bits per heavy atom. The summed E-state index contributed by atoms with van der Waals surface area (Å²) < 4.78 is 1.62. The number of nitrogens with zero attached hydrogens (tertiary/aromatic N) is 1. The van der Waals surface area contributed by atoms with Crippen molar-refractivity contribution in [1.29, 1.82) is 0 Å². The van der Waals surface area contributed by atoms with Gasteiger partial charge in [-0.15, -0.1) is 0 Å². The predicted molar refractivity (Wildman–Crippen MR) is 74.3 cm³/mol. The molecular formula is C15H16N2O2. The van der Waals surface area contributed by atoms with E-state index in [9.17, 15) is 9.59 Å². The fraction of sp³-hybridized carbons (Fsp3) is 0.200. The fourth-order valence-corrected chi connectivity index (χ4v) is 1.97. The van der Waals surface area contributed by atoms with E-state index in [1.54, 1.807) is 22.9 Å². The molecule has 2 rings (SSSR count). The Labute approximate surface area is 112 Å². The zero-order valence-corrected chi connectivity index (χ0v) is 10.8. The Morgan fingerprint density at radius 3 is 2.79 bits per heavy atom. The third-order valence-electron chi connectivity index (χ3n) is 2.97. The smallest absolute Gasteiger partial charge is 0.244 e. The van der Waals surface area contributed by atoms with Crippen LogP contribution in [0.5, 0.6) is 0 Å². The van der Waals surface area contributed by atoms with Gasteiger partial charge in [0.25, 0.3) is 0 Å². The second-order valence-electron chi connectivity index (χ2n) is 4.24. The molecule has 98 valence electrons. The topological polar surface area (TPSA) is 51.1 Å². The number of aldehydes is 1. The molecule has 1 amide bonds. The van der Waals surface area contributed by atoms with Crippen molar-refractivity contribution in [3.63, 3.8) is 0 Å². The van der Waals surface area contributed by atoms with E-state index in [1.807, 2.05) is 31.2 Å². The highest BCUT2D eigenvalue weighted by molar-refractivity contribution is 5.91. The lowest BCUT2D eigenvalue weighted by Crippen LogP contribution is -2.20. The first-order valence-corrected chi connectivity index (χ1v) is 6.22. The Hall–Kier alpha value is -2.36. The van der Waals surface area contributed by atoms with Crippen LogP contribution in [0.1, 0.15) is 23.0 Å². The Bertz CT molecular complexity index is 587. The zero-order valence-electron chi connectivity index (χ0n) is 10.8. The minimum absolute atomic E-state index is 0.138. The van der Waals surface area contributed by atoms with Crippen molar-refractivity contribution in [2.24, 2.45) is 0 Å². The molecule has 0 spiro atoms. The molecule has 0 saturated heterocycles. The average molecular weight is 256 g/mol. The SMILES string of the molecule is CCc1ccccc1NC(=O)Cn1cccc1C=O. The van der Waals surface area contributed by atoms with Crippen molar-refractivity contribution in [1.82, 2.24) is 4.57 Å². The molecule has 0 fully saturated rings. The number of aromatic nitrogens is 1. The van der Waals surface area contributed by atoms with Gasteiger partial charge < -0.3 is 9.88 Å². The third kappa shape index (κ3) is 3.10. The minimum atomic E-state index is -0.139. The van der Waals surface area contributed by atoms with Crippen LogP contribution in [0.3, 0.4) is 0 Å². The molecule has 1 aromatic heterocycles. The van der Waals surface area contributed by atoms with Gasteiger partial charge in [0.2, 0.25) is 5.91 Å².